The lowest BCUT2D eigenvalue weighted by molar-refractivity contribution is 0.155. The third-order valence-electron chi connectivity index (χ3n) is 3.57. The third-order valence-corrected chi connectivity index (χ3v) is 5.32. The standard InChI is InChI=1S/C13H19N5S2/c1-17-4-6-18(7-5-17)3-2-12-15-8-11(20-12)10-9-19-13(14)16-10/h8-9H,2-7H2,1H3,(H2,14,16). The van der Waals surface area contributed by atoms with Gasteiger partial charge in [0.15, 0.2) is 5.13 Å². The summed E-state index contributed by atoms with van der Waals surface area (Å²) in [5.74, 6) is 0. The fourth-order valence-electron chi connectivity index (χ4n) is 2.27. The lowest BCUT2D eigenvalue weighted by atomic mass is 10.3. The van der Waals surface area contributed by atoms with Crippen molar-refractivity contribution >= 4 is 27.8 Å². The number of likely N-dealkylation sites (N-methyl/N-ethyl adjacent to an activating group) is 1. The predicted molar refractivity (Wildman–Crippen MR) is 85.3 cm³/mol. The highest BCUT2D eigenvalue weighted by Gasteiger charge is 2.14. The Bertz CT molecular complexity index is 557. The van der Waals surface area contributed by atoms with E-state index in [-0.39, 0.29) is 0 Å². The second-order valence-electron chi connectivity index (χ2n) is 5.08. The highest BCUT2D eigenvalue weighted by Crippen LogP contribution is 2.28. The zero-order valence-electron chi connectivity index (χ0n) is 11.6. The number of rotatable bonds is 4. The van der Waals surface area contributed by atoms with Gasteiger partial charge in [0.25, 0.3) is 0 Å². The van der Waals surface area contributed by atoms with Gasteiger partial charge in [-0.2, -0.15) is 0 Å². The number of hydrogen-bond acceptors (Lipinski definition) is 7. The van der Waals surface area contributed by atoms with Gasteiger partial charge in [-0.25, -0.2) is 9.97 Å². The Morgan fingerprint density at radius 1 is 1.30 bits per heavy atom. The fraction of sp³-hybridized carbons (Fsp3) is 0.538. The van der Waals surface area contributed by atoms with Gasteiger partial charge in [-0.1, -0.05) is 0 Å². The van der Waals surface area contributed by atoms with Gasteiger partial charge in [0, 0.05) is 50.7 Å². The second-order valence-corrected chi connectivity index (χ2v) is 7.09. The van der Waals surface area contributed by atoms with Crippen LogP contribution in [0.25, 0.3) is 10.6 Å². The molecule has 0 unspecified atom stereocenters. The number of hydrogen-bond donors (Lipinski definition) is 1. The van der Waals surface area contributed by atoms with E-state index in [0.29, 0.717) is 5.13 Å². The SMILES string of the molecule is CN1CCN(CCc2ncc(-c3csc(N)n3)s2)CC1. The van der Waals surface area contributed by atoms with Crippen molar-refractivity contribution in [2.45, 2.75) is 6.42 Å². The summed E-state index contributed by atoms with van der Waals surface area (Å²) < 4.78 is 0. The van der Waals surface area contributed by atoms with Crippen LogP contribution in [0.15, 0.2) is 11.6 Å². The molecule has 0 atom stereocenters. The maximum Gasteiger partial charge on any atom is 0.180 e. The van der Waals surface area contributed by atoms with E-state index in [9.17, 15) is 0 Å². The first-order valence-corrected chi connectivity index (χ1v) is 8.47. The monoisotopic (exact) mass is 309 g/mol. The maximum atomic E-state index is 5.67. The smallest absolute Gasteiger partial charge is 0.180 e. The molecule has 3 rings (SSSR count). The second kappa shape index (κ2) is 6.17. The molecule has 0 amide bonds. The van der Waals surface area contributed by atoms with Crippen LogP contribution in [0.4, 0.5) is 5.13 Å². The summed E-state index contributed by atoms with van der Waals surface area (Å²) in [5, 5.41) is 3.80. The van der Waals surface area contributed by atoms with Crippen LogP contribution in [0, 0.1) is 0 Å². The van der Waals surface area contributed by atoms with Gasteiger partial charge in [-0.05, 0) is 7.05 Å². The van der Waals surface area contributed by atoms with Crippen molar-refractivity contribution in [2.75, 3.05) is 45.5 Å². The van der Waals surface area contributed by atoms with E-state index in [1.807, 2.05) is 11.6 Å². The topological polar surface area (TPSA) is 58.3 Å². The molecule has 0 aliphatic carbocycles. The molecule has 0 radical (unpaired) electrons. The molecule has 2 aromatic heterocycles. The van der Waals surface area contributed by atoms with E-state index in [0.717, 1.165) is 36.6 Å². The van der Waals surface area contributed by atoms with Crippen LogP contribution >= 0.6 is 22.7 Å². The van der Waals surface area contributed by atoms with Crippen LogP contribution < -0.4 is 5.73 Å². The molecule has 0 bridgehead atoms. The van der Waals surface area contributed by atoms with Crippen molar-refractivity contribution in [3.8, 4) is 10.6 Å². The van der Waals surface area contributed by atoms with Crippen LogP contribution in [0.5, 0.6) is 0 Å². The number of nitrogen functional groups attached to an aromatic ring is 1. The number of nitrogens with zero attached hydrogens (tertiary/aromatic N) is 4. The molecule has 1 saturated heterocycles. The van der Waals surface area contributed by atoms with Crippen LogP contribution in [0.1, 0.15) is 5.01 Å². The zero-order chi connectivity index (χ0) is 13.9. The van der Waals surface area contributed by atoms with Crippen LogP contribution in [0.3, 0.4) is 0 Å². The molecule has 1 fully saturated rings. The van der Waals surface area contributed by atoms with E-state index in [1.54, 1.807) is 11.3 Å². The molecular weight excluding hydrogens is 290 g/mol. The van der Waals surface area contributed by atoms with E-state index >= 15 is 0 Å². The number of aromatic nitrogens is 2. The van der Waals surface area contributed by atoms with Gasteiger partial charge in [0.1, 0.15) is 0 Å². The molecule has 1 aliphatic heterocycles. The molecule has 1 aliphatic rings. The van der Waals surface area contributed by atoms with E-state index in [1.165, 1.54) is 29.4 Å². The molecular formula is C13H19N5S2. The molecule has 7 heteroatoms. The van der Waals surface area contributed by atoms with Crippen LogP contribution in [-0.4, -0.2) is 59.5 Å². The minimum Gasteiger partial charge on any atom is -0.375 e. The molecule has 2 N–H and O–H groups in total. The van der Waals surface area contributed by atoms with Crippen LogP contribution in [0.2, 0.25) is 0 Å². The summed E-state index contributed by atoms with van der Waals surface area (Å²) in [7, 11) is 2.18. The fourth-order valence-corrected chi connectivity index (χ4v) is 3.78. The van der Waals surface area contributed by atoms with Gasteiger partial charge in [0.2, 0.25) is 0 Å². The summed E-state index contributed by atoms with van der Waals surface area (Å²) in [5.41, 5.74) is 6.63. The summed E-state index contributed by atoms with van der Waals surface area (Å²) in [4.78, 5) is 14.8. The summed E-state index contributed by atoms with van der Waals surface area (Å²) in [6.07, 6.45) is 2.94. The van der Waals surface area contributed by atoms with Crippen molar-refractivity contribution in [3.05, 3.63) is 16.6 Å². The number of nitrogens with two attached hydrogens (primary N) is 1. The molecule has 5 nitrogen and oxygen atoms in total. The lowest BCUT2D eigenvalue weighted by Gasteiger charge is -2.32. The van der Waals surface area contributed by atoms with Crippen molar-refractivity contribution in [3.63, 3.8) is 0 Å². The molecule has 108 valence electrons. The quantitative estimate of drug-likeness (QED) is 0.930. The highest BCUT2D eigenvalue weighted by atomic mass is 32.1. The molecule has 0 aromatic carbocycles. The first kappa shape index (κ1) is 13.9. The third kappa shape index (κ3) is 3.35. The lowest BCUT2D eigenvalue weighted by Crippen LogP contribution is -2.45. The van der Waals surface area contributed by atoms with Crippen molar-refractivity contribution in [1.29, 1.82) is 0 Å². The Balaban J connectivity index is 1.55. The van der Waals surface area contributed by atoms with Gasteiger partial charge in [-0.15, -0.1) is 22.7 Å². The number of piperazine rings is 1. The summed E-state index contributed by atoms with van der Waals surface area (Å²) >= 11 is 3.21. The Kier molecular flexibility index (Phi) is 4.30. The molecule has 0 saturated carbocycles. The highest BCUT2D eigenvalue weighted by molar-refractivity contribution is 7.16. The van der Waals surface area contributed by atoms with Gasteiger partial charge >= 0.3 is 0 Å². The predicted octanol–water partition coefficient (Wildman–Crippen LogP) is 1.64. The average molecular weight is 309 g/mol. The number of thiazole rings is 2. The Morgan fingerprint density at radius 3 is 2.80 bits per heavy atom. The Hall–Kier alpha value is -1.02. The number of anilines is 1. The summed E-state index contributed by atoms with van der Waals surface area (Å²) in [6.45, 7) is 5.76. The van der Waals surface area contributed by atoms with Gasteiger partial charge in [0.05, 0.1) is 15.6 Å². The molecule has 3 heterocycles. The van der Waals surface area contributed by atoms with E-state index < -0.39 is 0 Å². The van der Waals surface area contributed by atoms with Crippen molar-refractivity contribution in [2.24, 2.45) is 0 Å². The van der Waals surface area contributed by atoms with E-state index in [2.05, 4.69) is 26.8 Å². The normalized spacial score (nSPS) is 17.6. The van der Waals surface area contributed by atoms with Gasteiger partial charge in [-0.3, -0.25) is 0 Å². The maximum absolute atomic E-state index is 5.67. The Morgan fingerprint density at radius 2 is 2.10 bits per heavy atom. The average Bonchev–Trinajstić information content (AvgIpc) is 3.07. The van der Waals surface area contributed by atoms with Crippen molar-refractivity contribution < 1.29 is 0 Å². The summed E-state index contributed by atoms with van der Waals surface area (Å²) in [6, 6.07) is 0. The Labute approximate surface area is 127 Å². The molecule has 2 aromatic rings. The first-order chi connectivity index (χ1) is 9.70. The zero-order valence-corrected chi connectivity index (χ0v) is 13.2. The first-order valence-electron chi connectivity index (χ1n) is 6.78. The minimum atomic E-state index is 0.618. The van der Waals surface area contributed by atoms with E-state index in [4.69, 9.17) is 5.73 Å². The van der Waals surface area contributed by atoms with Gasteiger partial charge < -0.3 is 15.5 Å². The molecule has 0 spiro atoms. The molecule has 20 heavy (non-hydrogen) atoms. The van der Waals surface area contributed by atoms with Crippen LogP contribution in [-0.2, 0) is 6.42 Å². The minimum absolute atomic E-state index is 0.618. The van der Waals surface area contributed by atoms with Crippen molar-refractivity contribution in [1.82, 2.24) is 19.8 Å². The largest absolute Gasteiger partial charge is 0.375 e.